The zero-order valence-electron chi connectivity index (χ0n) is 11.5. The van der Waals surface area contributed by atoms with Crippen LogP contribution >= 0.6 is 0 Å². The van der Waals surface area contributed by atoms with Gasteiger partial charge in [-0.25, -0.2) is 0 Å². The smallest absolute Gasteiger partial charge is 0.346 e. The molecule has 0 saturated heterocycles. The molecule has 0 aromatic rings. The van der Waals surface area contributed by atoms with Gasteiger partial charge in [-0.3, -0.25) is 4.99 Å². The highest BCUT2D eigenvalue weighted by atomic mass is 28.3. The molecule has 4 heteroatoms. The van der Waals surface area contributed by atoms with Crippen LogP contribution in [0.25, 0.3) is 0 Å². The van der Waals surface area contributed by atoms with Crippen LogP contribution in [0.15, 0.2) is 4.99 Å². The Morgan fingerprint density at radius 1 is 1.12 bits per heavy atom. The summed E-state index contributed by atoms with van der Waals surface area (Å²) in [5, 5.41) is 0. The Hall–Kier alpha value is -0.193. The van der Waals surface area contributed by atoms with E-state index in [0.717, 1.165) is 32.5 Å². The van der Waals surface area contributed by atoms with Crippen molar-refractivity contribution in [3.05, 3.63) is 0 Å². The van der Waals surface area contributed by atoms with Gasteiger partial charge in [0.2, 0.25) is 0 Å². The number of nitrogens with zero attached hydrogens (tertiary/aromatic N) is 1. The van der Waals surface area contributed by atoms with E-state index in [1.807, 2.05) is 13.8 Å². The van der Waals surface area contributed by atoms with Gasteiger partial charge in [-0.2, -0.15) is 0 Å². The molecule has 0 bridgehead atoms. The lowest BCUT2D eigenvalue weighted by Gasteiger charge is -2.22. The summed E-state index contributed by atoms with van der Waals surface area (Å²) in [5.41, 5.74) is 1.49. The van der Waals surface area contributed by atoms with Gasteiger partial charge in [0.15, 0.2) is 0 Å². The highest BCUT2D eigenvalue weighted by Crippen LogP contribution is 2.10. The van der Waals surface area contributed by atoms with Crippen LogP contribution in [-0.2, 0) is 8.85 Å². The van der Waals surface area contributed by atoms with Gasteiger partial charge in [0, 0.05) is 18.9 Å². The first-order valence-electron chi connectivity index (χ1n) is 6.45. The van der Waals surface area contributed by atoms with E-state index in [9.17, 15) is 0 Å². The molecule has 0 fully saturated rings. The van der Waals surface area contributed by atoms with Gasteiger partial charge in [0.05, 0.1) is 5.67 Å². The van der Waals surface area contributed by atoms with Crippen molar-refractivity contribution < 1.29 is 8.85 Å². The maximum atomic E-state index is 5.75. The fraction of sp³-hybridized carbons (Fsp3) is 0.917. The molecule has 96 valence electrons. The molecule has 3 nitrogen and oxygen atoms in total. The second kappa shape index (κ2) is 9.99. The fourth-order valence-electron chi connectivity index (χ4n) is 1.53. The van der Waals surface area contributed by atoms with Crippen molar-refractivity contribution in [3.8, 4) is 0 Å². The maximum Gasteiger partial charge on any atom is 0.346 e. The lowest BCUT2D eigenvalue weighted by Crippen LogP contribution is -2.37. The molecule has 1 atom stereocenters. The Kier molecular flexibility index (Phi) is 9.87. The third kappa shape index (κ3) is 6.40. The molecular weight excluding hydrogens is 218 g/mol. The van der Waals surface area contributed by atoms with E-state index in [0.29, 0.717) is 0 Å². The number of hydrogen-bond donors (Lipinski definition) is 0. The van der Waals surface area contributed by atoms with Crippen molar-refractivity contribution in [2.24, 2.45) is 4.99 Å². The first-order chi connectivity index (χ1) is 7.69. The molecule has 0 heterocycles. The molecular formula is C12H27NO2Si. The monoisotopic (exact) mass is 245 g/mol. The molecule has 0 rings (SSSR count). The Balaban J connectivity index is 4.54. The SMILES string of the molecule is CCCC(N=C(C)CC)[SiH](OCC)OCC. The lowest BCUT2D eigenvalue weighted by molar-refractivity contribution is 0.203. The summed E-state index contributed by atoms with van der Waals surface area (Å²) in [6.07, 6.45) is 3.22. The molecule has 0 aliphatic rings. The summed E-state index contributed by atoms with van der Waals surface area (Å²) in [4.78, 5) is 4.75. The predicted molar refractivity (Wildman–Crippen MR) is 72.5 cm³/mol. The van der Waals surface area contributed by atoms with E-state index in [-0.39, 0.29) is 5.67 Å². The van der Waals surface area contributed by atoms with Crippen LogP contribution in [0.5, 0.6) is 0 Å². The van der Waals surface area contributed by atoms with Gasteiger partial charge in [-0.15, -0.1) is 0 Å². The summed E-state index contributed by atoms with van der Waals surface area (Å²) < 4.78 is 11.5. The summed E-state index contributed by atoms with van der Waals surface area (Å²) in [6.45, 7) is 11.9. The van der Waals surface area contributed by atoms with Crippen LogP contribution in [0, 0.1) is 0 Å². The standard InChI is InChI=1S/C12H27NO2Si/c1-6-10-12(13-11(5)7-2)16(14-8-3)15-9-4/h12,16H,6-10H2,1-5H3. The summed E-state index contributed by atoms with van der Waals surface area (Å²) in [6, 6.07) is 0. The Morgan fingerprint density at radius 2 is 1.69 bits per heavy atom. The van der Waals surface area contributed by atoms with Crippen molar-refractivity contribution in [3.63, 3.8) is 0 Å². The lowest BCUT2D eigenvalue weighted by atomic mass is 10.3. The minimum absolute atomic E-state index is 0.282. The first-order valence-corrected chi connectivity index (χ1v) is 8.06. The van der Waals surface area contributed by atoms with Crippen LogP contribution in [0.1, 0.15) is 53.9 Å². The summed E-state index contributed by atoms with van der Waals surface area (Å²) >= 11 is 0. The molecule has 1 unspecified atom stereocenters. The van der Waals surface area contributed by atoms with Crippen LogP contribution in [0.3, 0.4) is 0 Å². The van der Waals surface area contributed by atoms with Crippen LogP contribution in [-0.4, -0.2) is 33.9 Å². The average molecular weight is 245 g/mol. The predicted octanol–water partition coefficient (Wildman–Crippen LogP) is 2.86. The zero-order valence-corrected chi connectivity index (χ0v) is 12.6. The summed E-state index contributed by atoms with van der Waals surface area (Å²) in [5.74, 6) is 0. The first kappa shape index (κ1) is 15.8. The fourth-order valence-corrected chi connectivity index (χ4v) is 3.71. The van der Waals surface area contributed by atoms with E-state index in [1.54, 1.807) is 0 Å². The van der Waals surface area contributed by atoms with Gasteiger partial charge < -0.3 is 8.85 Å². The van der Waals surface area contributed by atoms with Crippen molar-refractivity contribution in [2.75, 3.05) is 13.2 Å². The van der Waals surface area contributed by atoms with Crippen LogP contribution in [0.4, 0.5) is 0 Å². The largest absolute Gasteiger partial charge is 0.396 e. The van der Waals surface area contributed by atoms with E-state index in [1.165, 1.54) is 5.71 Å². The van der Waals surface area contributed by atoms with Crippen LogP contribution in [0.2, 0.25) is 0 Å². The van der Waals surface area contributed by atoms with E-state index < -0.39 is 9.28 Å². The second-order valence-electron chi connectivity index (χ2n) is 3.85. The van der Waals surface area contributed by atoms with Crippen molar-refractivity contribution >= 4 is 15.0 Å². The summed E-state index contributed by atoms with van der Waals surface area (Å²) in [7, 11) is -1.62. The van der Waals surface area contributed by atoms with Crippen molar-refractivity contribution in [2.45, 2.75) is 59.5 Å². The topological polar surface area (TPSA) is 30.8 Å². The third-order valence-electron chi connectivity index (χ3n) is 2.46. The zero-order chi connectivity index (χ0) is 12.4. The molecule has 0 spiro atoms. The highest BCUT2D eigenvalue weighted by Gasteiger charge is 2.24. The van der Waals surface area contributed by atoms with Crippen molar-refractivity contribution in [1.82, 2.24) is 0 Å². The number of hydrogen-bond acceptors (Lipinski definition) is 3. The molecule has 0 radical (unpaired) electrons. The molecule has 0 N–H and O–H groups in total. The Labute approximate surface area is 102 Å². The van der Waals surface area contributed by atoms with Gasteiger partial charge in [-0.1, -0.05) is 20.3 Å². The highest BCUT2D eigenvalue weighted by molar-refractivity contribution is 6.46. The van der Waals surface area contributed by atoms with Crippen LogP contribution < -0.4 is 0 Å². The molecule has 0 aromatic carbocycles. The van der Waals surface area contributed by atoms with Crippen molar-refractivity contribution in [1.29, 1.82) is 0 Å². The number of aliphatic imine (C=N–C) groups is 1. The molecule has 0 aliphatic heterocycles. The second-order valence-corrected chi connectivity index (χ2v) is 6.03. The average Bonchev–Trinajstić information content (AvgIpc) is 2.28. The van der Waals surface area contributed by atoms with E-state index in [4.69, 9.17) is 13.8 Å². The normalized spacial score (nSPS) is 14.5. The molecule has 0 aliphatic carbocycles. The van der Waals surface area contributed by atoms with Gasteiger partial charge in [0.1, 0.15) is 0 Å². The molecule has 16 heavy (non-hydrogen) atoms. The molecule has 0 amide bonds. The molecule has 0 saturated carbocycles. The Bertz CT molecular complexity index is 191. The quantitative estimate of drug-likeness (QED) is 0.462. The number of rotatable bonds is 9. The van der Waals surface area contributed by atoms with Gasteiger partial charge in [0.25, 0.3) is 0 Å². The Morgan fingerprint density at radius 3 is 2.06 bits per heavy atom. The maximum absolute atomic E-state index is 5.75. The van der Waals surface area contributed by atoms with E-state index >= 15 is 0 Å². The molecule has 0 aromatic heterocycles. The third-order valence-corrected chi connectivity index (χ3v) is 4.89. The van der Waals surface area contributed by atoms with E-state index in [2.05, 4.69) is 20.8 Å². The van der Waals surface area contributed by atoms with Gasteiger partial charge >= 0.3 is 9.28 Å². The minimum Gasteiger partial charge on any atom is -0.396 e. The minimum atomic E-state index is -1.62. The van der Waals surface area contributed by atoms with Gasteiger partial charge in [-0.05, 0) is 33.6 Å².